The average Bonchev–Trinajstić information content (AvgIpc) is 2.76. The molecule has 8 heteroatoms. The van der Waals surface area contributed by atoms with Crippen LogP contribution in [0.3, 0.4) is 0 Å². The summed E-state index contributed by atoms with van der Waals surface area (Å²) in [4.78, 5) is 3.77. The summed E-state index contributed by atoms with van der Waals surface area (Å²) in [5.74, 6) is 0.248. The molecule has 1 aliphatic rings. The number of hydrogen-bond acceptors (Lipinski definition) is 3. The molecular weight excluding hydrogens is 295 g/mol. The zero-order valence-corrected chi connectivity index (χ0v) is 10.9. The monoisotopic (exact) mass is 303 g/mol. The number of alkyl halides is 3. The zero-order valence-electron chi connectivity index (χ0n) is 10.1. The van der Waals surface area contributed by atoms with Crippen LogP contribution in [0.15, 0.2) is 18.3 Å². The van der Waals surface area contributed by atoms with Crippen LogP contribution in [-0.4, -0.2) is 21.4 Å². The number of hydrogen-bond donors (Lipinski definition) is 0. The van der Waals surface area contributed by atoms with Crippen LogP contribution in [0.4, 0.5) is 13.2 Å². The van der Waals surface area contributed by atoms with E-state index in [1.807, 2.05) is 0 Å². The van der Waals surface area contributed by atoms with E-state index in [-0.39, 0.29) is 5.82 Å². The Kier molecular flexibility index (Phi) is 3.18. The first-order chi connectivity index (χ1) is 9.47. The highest BCUT2D eigenvalue weighted by molar-refractivity contribution is 6.30. The molecule has 20 heavy (non-hydrogen) atoms. The van der Waals surface area contributed by atoms with Crippen molar-refractivity contribution in [1.82, 2.24) is 14.8 Å². The fourth-order valence-electron chi connectivity index (χ4n) is 1.99. The third kappa shape index (κ3) is 2.27. The lowest BCUT2D eigenvalue weighted by Gasteiger charge is -2.09. The highest BCUT2D eigenvalue weighted by Crippen LogP contribution is 2.30. The van der Waals surface area contributed by atoms with Gasteiger partial charge in [0.15, 0.2) is 5.82 Å². The van der Waals surface area contributed by atoms with Crippen molar-refractivity contribution in [2.45, 2.75) is 19.2 Å². The number of fused-ring (bicyclic) bond motifs is 1. The van der Waals surface area contributed by atoms with E-state index in [0.717, 1.165) is 23.5 Å². The third-order valence-electron chi connectivity index (χ3n) is 3.03. The van der Waals surface area contributed by atoms with Gasteiger partial charge in [0.05, 0.1) is 24.5 Å². The molecule has 0 fully saturated rings. The van der Waals surface area contributed by atoms with Crippen LogP contribution in [0, 0.1) is 0 Å². The summed E-state index contributed by atoms with van der Waals surface area (Å²) in [6.07, 6.45) is -3.02. The van der Waals surface area contributed by atoms with Crippen molar-refractivity contribution in [3.63, 3.8) is 0 Å². The largest absolute Gasteiger partial charge is 0.417 e. The first-order valence-corrected chi connectivity index (χ1v) is 6.22. The molecule has 3 heterocycles. The molecule has 0 atom stereocenters. The highest BCUT2D eigenvalue weighted by Gasteiger charge is 2.31. The molecular formula is C12H9ClF3N3O. The van der Waals surface area contributed by atoms with E-state index in [2.05, 4.69) is 10.1 Å². The van der Waals surface area contributed by atoms with E-state index in [9.17, 15) is 13.2 Å². The molecule has 0 aliphatic carbocycles. The van der Waals surface area contributed by atoms with E-state index < -0.39 is 11.7 Å². The molecule has 0 spiro atoms. The second-order valence-corrected chi connectivity index (χ2v) is 4.69. The first-order valence-electron chi connectivity index (χ1n) is 5.84. The second kappa shape index (κ2) is 4.75. The average molecular weight is 304 g/mol. The summed E-state index contributed by atoms with van der Waals surface area (Å²) in [6, 6.07) is 2.20. The first kappa shape index (κ1) is 13.4. The van der Waals surface area contributed by atoms with E-state index in [1.165, 1.54) is 10.7 Å². The van der Waals surface area contributed by atoms with Gasteiger partial charge in [-0.15, -0.1) is 0 Å². The maximum absolute atomic E-state index is 12.5. The molecule has 0 saturated heterocycles. The Hall–Kier alpha value is -1.60. The molecule has 3 rings (SSSR count). The Morgan fingerprint density at radius 1 is 1.30 bits per heavy atom. The van der Waals surface area contributed by atoms with Crippen molar-refractivity contribution >= 4 is 11.6 Å². The molecule has 0 unspecified atom stereocenters. The number of rotatable bonds is 1. The normalized spacial score (nSPS) is 15.2. The van der Waals surface area contributed by atoms with Crippen molar-refractivity contribution < 1.29 is 17.9 Å². The summed E-state index contributed by atoms with van der Waals surface area (Å²) < 4.78 is 44.1. The number of halogens is 4. The van der Waals surface area contributed by atoms with E-state index in [1.54, 1.807) is 0 Å². The summed E-state index contributed by atoms with van der Waals surface area (Å²) in [5.41, 5.74) is 0.750. The van der Waals surface area contributed by atoms with Crippen LogP contribution in [0.25, 0.3) is 5.82 Å². The molecule has 0 N–H and O–H groups in total. The standard InChI is InChI=1S/C12H9ClF3N3O/c13-11-8-6-20-4-3-9(8)18-19(11)10-2-1-7(5-17-10)12(14,15)16/h1-2,5H,3-4,6H2. The Bertz CT molecular complexity index is 637. The highest BCUT2D eigenvalue weighted by atomic mass is 35.5. The van der Waals surface area contributed by atoms with E-state index in [0.29, 0.717) is 24.8 Å². The third-order valence-corrected chi connectivity index (χ3v) is 3.41. The lowest BCUT2D eigenvalue weighted by molar-refractivity contribution is -0.137. The minimum atomic E-state index is -4.41. The smallest absolute Gasteiger partial charge is 0.376 e. The van der Waals surface area contributed by atoms with Crippen molar-refractivity contribution in [3.05, 3.63) is 40.3 Å². The van der Waals surface area contributed by atoms with Crippen LogP contribution in [0.5, 0.6) is 0 Å². The quantitative estimate of drug-likeness (QED) is 0.813. The van der Waals surface area contributed by atoms with Crippen molar-refractivity contribution in [3.8, 4) is 5.82 Å². The van der Waals surface area contributed by atoms with Crippen molar-refractivity contribution in [1.29, 1.82) is 0 Å². The summed E-state index contributed by atoms with van der Waals surface area (Å²) >= 11 is 6.16. The van der Waals surface area contributed by atoms with Gasteiger partial charge in [0, 0.05) is 18.2 Å². The summed E-state index contributed by atoms with van der Waals surface area (Å²) in [5, 5.41) is 4.60. The van der Waals surface area contributed by atoms with Crippen LogP contribution in [0.2, 0.25) is 5.15 Å². The van der Waals surface area contributed by atoms with Gasteiger partial charge < -0.3 is 4.74 Å². The lowest BCUT2D eigenvalue weighted by Crippen LogP contribution is -2.08. The number of nitrogens with zero attached hydrogens (tertiary/aromatic N) is 3. The van der Waals surface area contributed by atoms with Gasteiger partial charge >= 0.3 is 6.18 Å². The predicted molar refractivity (Wildman–Crippen MR) is 64.7 cm³/mol. The Morgan fingerprint density at radius 2 is 2.10 bits per heavy atom. The van der Waals surface area contributed by atoms with Gasteiger partial charge in [-0.05, 0) is 12.1 Å². The maximum atomic E-state index is 12.5. The molecule has 0 saturated carbocycles. The summed E-state index contributed by atoms with van der Waals surface area (Å²) in [6.45, 7) is 0.912. The molecule has 106 valence electrons. The fraction of sp³-hybridized carbons (Fsp3) is 0.333. The second-order valence-electron chi connectivity index (χ2n) is 4.33. The van der Waals surface area contributed by atoms with Gasteiger partial charge in [-0.1, -0.05) is 11.6 Å². The molecule has 2 aromatic heterocycles. The number of pyridine rings is 1. The van der Waals surface area contributed by atoms with Gasteiger partial charge in [0.1, 0.15) is 5.15 Å². The number of aromatic nitrogens is 3. The molecule has 0 aromatic carbocycles. The molecule has 4 nitrogen and oxygen atoms in total. The lowest BCUT2D eigenvalue weighted by atomic mass is 10.2. The Morgan fingerprint density at radius 3 is 2.70 bits per heavy atom. The van der Waals surface area contributed by atoms with E-state index >= 15 is 0 Å². The van der Waals surface area contributed by atoms with Gasteiger partial charge in [-0.25, -0.2) is 9.67 Å². The van der Waals surface area contributed by atoms with Crippen LogP contribution < -0.4 is 0 Å². The minimum Gasteiger partial charge on any atom is -0.376 e. The van der Waals surface area contributed by atoms with Crippen LogP contribution in [-0.2, 0) is 23.9 Å². The Labute approximate surface area is 117 Å². The molecule has 0 radical (unpaired) electrons. The van der Waals surface area contributed by atoms with Gasteiger partial charge in [0.25, 0.3) is 0 Å². The predicted octanol–water partition coefficient (Wildman–Crippen LogP) is 3.01. The zero-order chi connectivity index (χ0) is 14.3. The maximum Gasteiger partial charge on any atom is 0.417 e. The number of ether oxygens (including phenoxy) is 1. The summed E-state index contributed by atoms with van der Waals surface area (Å²) in [7, 11) is 0. The molecule has 0 bridgehead atoms. The fourth-order valence-corrected chi connectivity index (χ4v) is 2.28. The van der Waals surface area contributed by atoms with Gasteiger partial charge in [-0.2, -0.15) is 18.3 Å². The minimum absolute atomic E-state index is 0.248. The van der Waals surface area contributed by atoms with Crippen LogP contribution >= 0.6 is 11.6 Å². The van der Waals surface area contributed by atoms with Gasteiger partial charge in [0.2, 0.25) is 0 Å². The molecule has 2 aromatic rings. The molecule has 0 amide bonds. The van der Waals surface area contributed by atoms with E-state index in [4.69, 9.17) is 16.3 Å². The van der Waals surface area contributed by atoms with Crippen LogP contribution in [0.1, 0.15) is 16.8 Å². The van der Waals surface area contributed by atoms with Gasteiger partial charge in [-0.3, -0.25) is 0 Å². The SMILES string of the molecule is FC(F)(F)c1ccc(-n2nc3c(c2Cl)COCC3)nc1. The van der Waals surface area contributed by atoms with Crippen molar-refractivity contribution in [2.24, 2.45) is 0 Å². The topological polar surface area (TPSA) is 39.9 Å². The van der Waals surface area contributed by atoms with Crippen molar-refractivity contribution in [2.75, 3.05) is 6.61 Å². The molecule has 1 aliphatic heterocycles. The Balaban J connectivity index is 1.99.